The smallest absolute Gasteiger partial charge is 0.344 e. The predicted octanol–water partition coefficient (Wildman–Crippen LogP) is 3.74. The summed E-state index contributed by atoms with van der Waals surface area (Å²) in [7, 11) is 0. The third-order valence-electron chi connectivity index (χ3n) is 3.85. The fourth-order valence-electron chi connectivity index (χ4n) is 2.40. The van der Waals surface area contributed by atoms with Gasteiger partial charge < -0.3 is 14.8 Å². The molecule has 6 heteroatoms. The molecule has 0 radical (unpaired) electrons. The Morgan fingerprint density at radius 1 is 1.11 bits per heavy atom. The molecule has 0 aliphatic heterocycles. The number of nitriles is 1. The Kier molecular flexibility index (Phi) is 7.79. The van der Waals surface area contributed by atoms with Gasteiger partial charge in [-0.15, -0.1) is 0 Å². The standard InChI is InChI=1S/C22H22N2O4/c1-3-16-9-11-19(12-10-16)24-22(26)18(14-23)13-17-7-5-6-8-20(17)28-15-21(25)27-4-2/h5-13H,3-4,15H2,1-2H3,(H,24,26)/b18-13+. The van der Waals surface area contributed by atoms with Crippen molar-refractivity contribution in [2.75, 3.05) is 18.5 Å². The Balaban J connectivity index is 2.15. The number of nitrogens with zero attached hydrogens (tertiary/aromatic N) is 1. The number of amides is 1. The first-order chi connectivity index (χ1) is 13.6. The minimum atomic E-state index is -0.521. The van der Waals surface area contributed by atoms with Gasteiger partial charge in [0.2, 0.25) is 0 Å². The molecule has 0 atom stereocenters. The summed E-state index contributed by atoms with van der Waals surface area (Å²) in [6.07, 6.45) is 2.33. The minimum absolute atomic E-state index is 0.0771. The quantitative estimate of drug-likeness (QED) is 0.429. The Labute approximate surface area is 164 Å². The van der Waals surface area contributed by atoms with Crippen LogP contribution in [0.4, 0.5) is 5.69 Å². The molecule has 0 aliphatic carbocycles. The Morgan fingerprint density at radius 3 is 2.46 bits per heavy atom. The minimum Gasteiger partial charge on any atom is -0.481 e. The fraction of sp³-hybridized carbons (Fsp3) is 0.227. The molecule has 0 bridgehead atoms. The number of benzene rings is 2. The molecular formula is C22H22N2O4. The molecule has 0 aliphatic rings. The summed E-state index contributed by atoms with van der Waals surface area (Å²) in [6.45, 7) is 3.77. The number of carbonyl (C=O) groups excluding carboxylic acids is 2. The van der Waals surface area contributed by atoms with Gasteiger partial charge in [-0.1, -0.05) is 37.3 Å². The van der Waals surface area contributed by atoms with Crippen LogP contribution in [0.15, 0.2) is 54.1 Å². The molecule has 1 amide bonds. The lowest BCUT2D eigenvalue weighted by Gasteiger charge is -2.09. The van der Waals surface area contributed by atoms with E-state index in [1.54, 1.807) is 43.3 Å². The Morgan fingerprint density at radius 2 is 1.82 bits per heavy atom. The number of carbonyl (C=O) groups is 2. The van der Waals surface area contributed by atoms with E-state index in [0.717, 1.165) is 12.0 Å². The van der Waals surface area contributed by atoms with Crippen molar-refractivity contribution < 1.29 is 19.1 Å². The summed E-state index contributed by atoms with van der Waals surface area (Å²) in [5, 5.41) is 12.1. The SMILES string of the molecule is CCOC(=O)COc1ccccc1/C=C(\C#N)C(=O)Nc1ccc(CC)cc1. The largest absolute Gasteiger partial charge is 0.481 e. The third kappa shape index (κ3) is 5.99. The number of anilines is 1. The monoisotopic (exact) mass is 378 g/mol. The van der Waals surface area contributed by atoms with Crippen molar-refractivity contribution in [3.8, 4) is 11.8 Å². The summed E-state index contributed by atoms with van der Waals surface area (Å²) in [5.74, 6) is -0.634. The van der Waals surface area contributed by atoms with Gasteiger partial charge in [0.05, 0.1) is 6.61 Å². The molecule has 28 heavy (non-hydrogen) atoms. The van der Waals surface area contributed by atoms with Crippen molar-refractivity contribution in [3.63, 3.8) is 0 Å². The van der Waals surface area contributed by atoms with Crippen molar-refractivity contribution in [3.05, 3.63) is 65.2 Å². The number of rotatable bonds is 8. The highest BCUT2D eigenvalue weighted by Gasteiger charge is 2.12. The second-order valence-electron chi connectivity index (χ2n) is 5.81. The molecular weight excluding hydrogens is 356 g/mol. The van der Waals surface area contributed by atoms with E-state index in [2.05, 4.69) is 5.32 Å². The van der Waals surface area contributed by atoms with Crippen LogP contribution in [0.2, 0.25) is 0 Å². The van der Waals surface area contributed by atoms with Crippen molar-refractivity contribution in [2.45, 2.75) is 20.3 Å². The lowest BCUT2D eigenvalue weighted by molar-refractivity contribution is -0.145. The lowest BCUT2D eigenvalue weighted by atomic mass is 10.1. The summed E-state index contributed by atoms with van der Waals surface area (Å²) < 4.78 is 10.3. The maximum atomic E-state index is 12.4. The molecule has 0 spiro atoms. The van der Waals surface area contributed by atoms with E-state index < -0.39 is 11.9 Å². The highest BCUT2D eigenvalue weighted by Crippen LogP contribution is 2.21. The Hall–Kier alpha value is -3.59. The van der Waals surface area contributed by atoms with Gasteiger partial charge in [-0.05, 0) is 43.2 Å². The van der Waals surface area contributed by atoms with Crippen LogP contribution < -0.4 is 10.1 Å². The van der Waals surface area contributed by atoms with E-state index in [0.29, 0.717) is 17.0 Å². The molecule has 0 saturated carbocycles. The maximum absolute atomic E-state index is 12.4. The van der Waals surface area contributed by atoms with Gasteiger partial charge in [0.15, 0.2) is 6.61 Å². The number of nitrogens with one attached hydrogen (secondary N) is 1. The number of ether oxygens (including phenoxy) is 2. The van der Waals surface area contributed by atoms with E-state index in [-0.39, 0.29) is 18.8 Å². The number of hydrogen-bond acceptors (Lipinski definition) is 5. The molecule has 1 N–H and O–H groups in total. The summed E-state index contributed by atoms with van der Waals surface area (Å²) in [6, 6.07) is 16.2. The number of hydrogen-bond donors (Lipinski definition) is 1. The first kappa shape index (κ1) is 20.7. The zero-order valence-electron chi connectivity index (χ0n) is 15.9. The zero-order chi connectivity index (χ0) is 20.4. The maximum Gasteiger partial charge on any atom is 0.344 e. The van der Waals surface area contributed by atoms with Crippen LogP contribution in [-0.2, 0) is 20.7 Å². The second kappa shape index (κ2) is 10.5. The summed E-state index contributed by atoms with van der Waals surface area (Å²) in [5.41, 5.74) is 2.20. The fourth-order valence-corrected chi connectivity index (χ4v) is 2.40. The highest BCUT2D eigenvalue weighted by molar-refractivity contribution is 6.09. The van der Waals surface area contributed by atoms with Crippen LogP contribution in [0.1, 0.15) is 25.0 Å². The van der Waals surface area contributed by atoms with E-state index in [1.165, 1.54) is 6.08 Å². The van der Waals surface area contributed by atoms with Crippen LogP contribution in [0, 0.1) is 11.3 Å². The highest BCUT2D eigenvalue weighted by atomic mass is 16.6. The first-order valence-corrected chi connectivity index (χ1v) is 8.96. The lowest BCUT2D eigenvalue weighted by Crippen LogP contribution is -2.15. The van der Waals surface area contributed by atoms with Crippen LogP contribution in [-0.4, -0.2) is 25.1 Å². The van der Waals surface area contributed by atoms with Crippen LogP contribution in [0.25, 0.3) is 6.08 Å². The van der Waals surface area contributed by atoms with Gasteiger partial charge in [-0.3, -0.25) is 4.79 Å². The van der Waals surface area contributed by atoms with Gasteiger partial charge in [0.1, 0.15) is 17.4 Å². The molecule has 0 heterocycles. The van der Waals surface area contributed by atoms with Crippen molar-refractivity contribution in [2.24, 2.45) is 0 Å². The second-order valence-corrected chi connectivity index (χ2v) is 5.81. The average Bonchev–Trinajstić information content (AvgIpc) is 2.71. The average molecular weight is 378 g/mol. The molecule has 0 saturated heterocycles. The number of aryl methyl sites for hydroxylation is 1. The van der Waals surface area contributed by atoms with Crippen LogP contribution in [0.3, 0.4) is 0 Å². The van der Waals surface area contributed by atoms with Crippen molar-refractivity contribution in [1.82, 2.24) is 0 Å². The van der Waals surface area contributed by atoms with E-state index >= 15 is 0 Å². The molecule has 2 aromatic carbocycles. The Bertz CT molecular complexity index is 895. The van der Waals surface area contributed by atoms with Gasteiger partial charge in [-0.2, -0.15) is 5.26 Å². The van der Waals surface area contributed by atoms with Gasteiger partial charge in [0, 0.05) is 11.3 Å². The van der Waals surface area contributed by atoms with E-state index in [4.69, 9.17) is 9.47 Å². The van der Waals surface area contributed by atoms with Crippen LogP contribution in [0.5, 0.6) is 5.75 Å². The first-order valence-electron chi connectivity index (χ1n) is 8.96. The van der Waals surface area contributed by atoms with E-state index in [1.807, 2.05) is 25.1 Å². The zero-order valence-corrected chi connectivity index (χ0v) is 15.9. The molecule has 6 nitrogen and oxygen atoms in total. The molecule has 2 aromatic rings. The summed E-state index contributed by atoms with van der Waals surface area (Å²) >= 11 is 0. The summed E-state index contributed by atoms with van der Waals surface area (Å²) in [4.78, 5) is 23.9. The normalized spacial score (nSPS) is 10.7. The van der Waals surface area contributed by atoms with Crippen LogP contribution >= 0.6 is 0 Å². The predicted molar refractivity (Wildman–Crippen MR) is 107 cm³/mol. The molecule has 0 unspecified atom stereocenters. The van der Waals surface area contributed by atoms with Crippen molar-refractivity contribution in [1.29, 1.82) is 5.26 Å². The van der Waals surface area contributed by atoms with Gasteiger partial charge in [0.25, 0.3) is 5.91 Å². The van der Waals surface area contributed by atoms with E-state index in [9.17, 15) is 14.9 Å². The number of para-hydroxylation sites is 1. The molecule has 0 aromatic heterocycles. The molecule has 144 valence electrons. The van der Waals surface area contributed by atoms with Gasteiger partial charge >= 0.3 is 5.97 Å². The topological polar surface area (TPSA) is 88.4 Å². The third-order valence-corrected chi connectivity index (χ3v) is 3.85. The van der Waals surface area contributed by atoms with Crippen molar-refractivity contribution >= 4 is 23.6 Å². The molecule has 2 rings (SSSR count). The number of esters is 1. The van der Waals surface area contributed by atoms with Gasteiger partial charge in [-0.25, -0.2) is 4.79 Å². The molecule has 0 fully saturated rings.